The van der Waals surface area contributed by atoms with Crippen LogP contribution < -0.4 is 10.6 Å². The smallest absolute Gasteiger partial charge is 0.234 e. The van der Waals surface area contributed by atoms with Crippen molar-refractivity contribution in [2.75, 3.05) is 6.54 Å². The second-order valence-corrected chi connectivity index (χ2v) is 3.84. The maximum Gasteiger partial charge on any atom is 0.234 e. The van der Waals surface area contributed by atoms with Crippen molar-refractivity contribution in [1.29, 1.82) is 0 Å². The molecule has 1 aromatic rings. The van der Waals surface area contributed by atoms with E-state index < -0.39 is 0 Å². The summed E-state index contributed by atoms with van der Waals surface area (Å²) < 4.78 is 5.21. The van der Waals surface area contributed by atoms with Gasteiger partial charge in [-0.1, -0.05) is 0 Å². The molecule has 0 radical (unpaired) electrons. The molecular formula is C11H18N2O2. The van der Waals surface area contributed by atoms with Crippen molar-refractivity contribution in [1.82, 2.24) is 10.6 Å². The Morgan fingerprint density at radius 2 is 2.20 bits per heavy atom. The molecule has 1 atom stereocenters. The molecule has 15 heavy (non-hydrogen) atoms. The van der Waals surface area contributed by atoms with E-state index in [2.05, 4.69) is 10.6 Å². The second-order valence-electron chi connectivity index (χ2n) is 3.84. The SMILES string of the molecule is CC(C)NC(=O)CN[C@H](C)c1ccco1. The molecule has 1 rings (SSSR count). The van der Waals surface area contributed by atoms with Crippen LogP contribution in [0.5, 0.6) is 0 Å². The first-order valence-corrected chi connectivity index (χ1v) is 5.15. The summed E-state index contributed by atoms with van der Waals surface area (Å²) in [6, 6.07) is 3.95. The molecule has 0 saturated carbocycles. The maximum atomic E-state index is 11.3. The normalized spacial score (nSPS) is 12.8. The molecule has 0 aliphatic heterocycles. The van der Waals surface area contributed by atoms with Crippen LogP contribution in [-0.4, -0.2) is 18.5 Å². The van der Waals surface area contributed by atoms with Crippen molar-refractivity contribution in [3.63, 3.8) is 0 Å². The van der Waals surface area contributed by atoms with Gasteiger partial charge in [0.1, 0.15) is 5.76 Å². The van der Waals surface area contributed by atoms with Gasteiger partial charge < -0.3 is 9.73 Å². The Kier molecular flexibility index (Phi) is 4.37. The molecule has 0 aromatic carbocycles. The van der Waals surface area contributed by atoms with E-state index in [-0.39, 0.29) is 18.0 Å². The van der Waals surface area contributed by atoms with E-state index in [9.17, 15) is 4.79 Å². The summed E-state index contributed by atoms with van der Waals surface area (Å²) >= 11 is 0. The second kappa shape index (κ2) is 5.56. The largest absolute Gasteiger partial charge is 0.468 e. The summed E-state index contributed by atoms with van der Waals surface area (Å²) in [6.45, 7) is 6.14. The average molecular weight is 210 g/mol. The zero-order valence-electron chi connectivity index (χ0n) is 9.41. The van der Waals surface area contributed by atoms with Gasteiger partial charge in [0.25, 0.3) is 0 Å². The number of rotatable bonds is 5. The van der Waals surface area contributed by atoms with Crippen LogP contribution in [-0.2, 0) is 4.79 Å². The molecule has 1 aromatic heterocycles. The van der Waals surface area contributed by atoms with Gasteiger partial charge in [-0.15, -0.1) is 0 Å². The van der Waals surface area contributed by atoms with E-state index in [1.807, 2.05) is 32.9 Å². The molecule has 0 saturated heterocycles. The van der Waals surface area contributed by atoms with Crippen LogP contribution in [0, 0.1) is 0 Å². The lowest BCUT2D eigenvalue weighted by molar-refractivity contribution is -0.120. The number of nitrogens with one attached hydrogen (secondary N) is 2. The van der Waals surface area contributed by atoms with Crippen molar-refractivity contribution >= 4 is 5.91 Å². The summed E-state index contributed by atoms with van der Waals surface area (Å²) in [6.07, 6.45) is 1.63. The van der Waals surface area contributed by atoms with Crippen LogP contribution in [0.3, 0.4) is 0 Å². The molecule has 84 valence electrons. The minimum Gasteiger partial charge on any atom is -0.468 e. The fraction of sp³-hybridized carbons (Fsp3) is 0.545. The van der Waals surface area contributed by atoms with Crippen LogP contribution in [0.4, 0.5) is 0 Å². The molecule has 0 bridgehead atoms. The van der Waals surface area contributed by atoms with Crippen molar-refractivity contribution in [3.8, 4) is 0 Å². The van der Waals surface area contributed by atoms with Gasteiger partial charge in [0.2, 0.25) is 5.91 Å². The zero-order valence-corrected chi connectivity index (χ0v) is 9.41. The summed E-state index contributed by atoms with van der Waals surface area (Å²) in [7, 11) is 0. The molecule has 1 amide bonds. The number of carbonyl (C=O) groups excluding carboxylic acids is 1. The minimum atomic E-state index is 0.00315. The topological polar surface area (TPSA) is 54.3 Å². The lowest BCUT2D eigenvalue weighted by atomic mass is 10.2. The highest BCUT2D eigenvalue weighted by Crippen LogP contribution is 2.11. The Balaban J connectivity index is 2.28. The molecule has 0 unspecified atom stereocenters. The molecular weight excluding hydrogens is 192 g/mol. The fourth-order valence-electron chi connectivity index (χ4n) is 1.26. The highest BCUT2D eigenvalue weighted by molar-refractivity contribution is 5.78. The third-order valence-electron chi connectivity index (χ3n) is 1.99. The average Bonchev–Trinajstić information content (AvgIpc) is 2.65. The van der Waals surface area contributed by atoms with Crippen LogP contribution in [0.25, 0.3) is 0 Å². The molecule has 4 nitrogen and oxygen atoms in total. The predicted octanol–water partition coefficient (Wildman–Crippen LogP) is 1.45. The van der Waals surface area contributed by atoms with E-state index in [0.29, 0.717) is 6.54 Å². The Bertz CT molecular complexity index is 294. The van der Waals surface area contributed by atoms with E-state index in [4.69, 9.17) is 4.42 Å². The highest BCUT2D eigenvalue weighted by Gasteiger charge is 2.09. The van der Waals surface area contributed by atoms with Gasteiger partial charge in [0.15, 0.2) is 0 Å². The summed E-state index contributed by atoms with van der Waals surface area (Å²) in [5, 5.41) is 5.90. The number of furan rings is 1. The molecule has 0 fully saturated rings. The maximum absolute atomic E-state index is 11.3. The predicted molar refractivity (Wildman–Crippen MR) is 58.4 cm³/mol. The number of carbonyl (C=O) groups is 1. The van der Waals surface area contributed by atoms with Gasteiger partial charge in [-0.25, -0.2) is 0 Å². The number of amides is 1. The quantitative estimate of drug-likeness (QED) is 0.773. The molecule has 1 heterocycles. The van der Waals surface area contributed by atoms with Gasteiger partial charge in [0.05, 0.1) is 18.8 Å². The highest BCUT2D eigenvalue weighted by atomic mass is 16.3. The van der Waals surface area contributed by atoms with Gasteiger partial charge in [-0.3, -0.25) is 10.1 Å². The van der Waals surface area contributed by atoms with Crippen LogP contribution in [0.1, 0.15) is 32.6 Å². The monoisotopic (exact) mass is 210 g/mol. The number of hydrogen-bond acceptors (Lipinski definition) is 3. The Morgan fingerprint density at radius 3 is 2.73 bits per heavy atom. The standard InChI is InChI=1S/C11H18N2O2/c1-8(2)13-11(14)7-12-9(3)10-5-4-6-15-10/h4-6,8-9,12H,7H2,1-3H3,(H,13,14)/t9-/m1/s1. The fourth-order valence-corrected chi connectivity index (χ4v) is 1.26. The van der Waals surface area contributed by atoms with Crippen LogP contribution in [0.15, 0.2) is 22.8 Å². The first kappa shape index (κ1) is 11.8. The van der Waals surface area contributed by atoms with Crippen molar-refractivity contribution in [3.05, 3.63) is 24.2 Å². The Morgan fingerprint density at radius 1 is 1.47 bits per heavy atom. The van der Waals surface area contributed by atoms with Crippen LogP contribution >= 0.6 is 0 Å². The van der Waals surface area contributed by atoms with E-state index in [1.54, 1.807) is 6.26 Å². The van der Waals surface area contributed by atoms with Gasteiger partial charge in [-0.05, 0) is 32.9 Å². The van der Waals surface area contributed by atoms with Gasteiger partial charge in [-0.2, -0.15) is 0 Å². The third-order valence-corrected chi connectivity index (χ3v) is 1.99. The minimum absolute atomic E-state index is 0.00315. The van der Waals surface area contributed by atoms with Crippen molar-refractivity contribution in [2.24, 2.45) is 0 Å². The lowest BCUT2D eigenvalue weighted by Gasteiger charge is -2.12. The summed E-state index contributed by atoms with van der Waals surface area (Å²) in [5.41, 5.74) is 0. The Hall–Kier alpha value is -1.29. The lowest BCUT2D eigenvalue weighted by Crippen LogP contribution is -2.38. The third kappa shape index (κ3) is 4.16. The van der Waals surface area contributed by atoms with E-state index in [1.165, 1.54) is 0 Å². The number of hydrogen-bond donors (Lipinski definition) is 2. The molecule has 0 spiro atoms. The van der Waals surface area contributed by atoms with Crippen LogP contribution in [0.2, 0.25) is 0 Å². The molecule has 0 aliphatic carbocycles. The zero-order chi connectivity index (χ0) is 11.3. The van der Waals surface area contributed by atoms with Crippen molar-refractivity contribution < 1.29 is 9.21 Å². The first-order valence-electron chi connectivity index (χ1n) is 5.15. The first-order chi connectivity index (χ1) is 7.09. The summed E-state index contributed by atoms with van der Waals surface area (Å²) in [4.78, 5) is 11.3. The molecule has 2 N–H and O–H groups in total. The van der Waals surface area contributed by atoms with E-state index >= 15 is 0 Å². The molecule has 0 aliphatic rings. The molecule has 4 heteroatoms. The Labute approximate surface area is 90.0 Å². The van der Waals surface area contributed by atoms with Crippen molar-refractivity contribution in [2.45, 2.75) is 32.9 Å². The van der Waals surface area contributed by atoms with E-state index in [0.717, 1.165) is 5.76 Å². The van der Waals surface area contributed by atoms with Gasteiger partial charge in [0, 0.05) is 6.04 Å². The van der Waals surface area contributed by atoms with Gasteiger partial charge >= 0.3 is 0 Å². The summed E-state index contributed by atoms with van der Waals surface area (Å²) in [5.74, 6) is 0.843.